The molecule has 1 rings (SSSR count). The molecule has 0 saturated heterocycles. The second-order valence-electron chi connectivity index (χ2n) is 4.22. The van der Waals surface area contributed by atoms with Crippen LogP contribution in [0.5, 0.6) is 0 Å². The monoisotopic (exact) mass is 311 g/mol. The van der Waals surface area contributed by atoms with Crippen molar-refractivity contribution in [3.8, 4) is 0 Å². The molecule has 4 heteroatoms. The number of halogens is 1. The Bertz CT molecular complexity index is 443. The Hall–Kier alpha value is -1.13. The lowest BCUT2D eigenvalue weighted by Crippen LogP contribution is -2.28. The molecule has 0 bridgehead atoms. The van der Waals surface area contributed by atoms with Crippen LogP contribution in [0.25, 0.3) is 0 Å². The number of carbonyl (C=O) groups excluding carboxylic acids is 1. The third-order valence-corrected chi connectivity index (χ3v) is 2.82. The van der Waals surface area contributed by atoms with E-state index in [0.29, 0.717) is 25.3 Å². The van der Waals surface area contributed by atoms with Gasteiger partial charge in [-0.3, -0.25) is 4.79 Å². The van der Waals surface area contributed by atoms with Gasteiger partial charge >= 0.3 is 0 Å². The molecule has 1 aromatic rings. The highest BCUT2D eigenvalue weighted by molar-refractivity contribution is 9.10. The molecule has 1 N–H and O–H groups in total. The molecule has 18 heavy (non-hydrogen) atoms. The van der Waals surface area contributed by atoms with Gasteiger partial charge in [-0.25, -0.2) is 0 Å². The molecule has 0 heterocycles. The molecule has 0 fully saturated rings. The number of aryl methyl sites for hydroxylation is 1. The standard InChI is InChI=1S/C14H18BrNO2/c1-10(2)9-18-7-6-16-14(17)13-8-12(15)5-4-11(13)3/h4-5,8H,1,6-7,9H2,2-3H3,(H,16,17). The van der Waals surface area contributed by atoms with Gasteiger partial charge in [0.1, 0.15) is 0 Å². The van der Waals surface area contributed by atoms with E-state index in [-0.39, 0.29) is 5.91 Å². The number of benzene rings is 1. The predicted molar refractivity (Wildman–Crippen MR) is 76.8 cm³/mol. The molecule has 0 aliphatic rings. The number of hydrogen-bond acceptors (Lipinski definition) is 2. The van der Waals surface area contributed by atoms with E-state index in [1.165, 1.54) is 0 Å². The van der Waals surface area contributed by atoms with Crippen LogP contribution in [0.3, 0.4) is 0 Å². The summed E-state index contributed by atoms with van der Waals surface area (Å²) in [7, 11) is 0. The number of amides is 1. The summed E-state index contributed by atoms with van der Waals surface area (Å²) in [5, 5.41) is 2.83. The lowest BCUT2D eigenvalue weighted by molar-refractivity contribution is 0.0926. The predicted octanol–water partition coefficient (Wildman–Crippen LogP) is 3.08. The van der Waals surface area contributed by atoms with Gasteiger partial charge in [0.15, 0.2) is 0 Å². The molecule has 98 valence electrons. The Labute approximate surface area is 116 Å². The highest BCUT2D eigenvalue weighted by Gasteiger charge is 2.08. The molecular formula is C14H18BrNO2. The molecule has 0 spiro atoms. The zero-order chi connectivity index (χ0) is 13.5. The smallest absolute Gasteiger partial charge is 0.251 e. The van der Waals surface area contributed by atoms with Crippen molar-refractivity contribution in [3.05, 3.63) is 46.0 Å². The molecule has 3 nitrogen and oxygen atoms in total. The van der Waals surface area contributed by atoms with E-state index >= 15 is 0 Å². The van der Waals surface area contributed by atoms with Crippen LogP contribution < -0.4 is 5.32 Å². The molecule has 1 amide bonds. The second-order valence-corrected chi connectivity index (χ2v) is 5.14. The third-order valence-electron chi connectivity index (χ3n) is 2.32. The first-order valence-corrected chi connectivity index (χ1v) is 6.56. The summed E-state index contributed by atoms with van der Waals surface area (Å²) in [4.78, 5) is 11.9. The second kappa shape index (κ2) is 7.34. The maximum atomic E-state index is 11.9. The van der Waals surface area contributed by atoms with Gasteiger partial charge in [0.2, 0.25) is 0 Å². The number of nitrogens with one attached hydrogen (secondary N) is 1. The quantitative estimate of drug-likeness (QED) is 0.647. The summed E-state index contributed by atoms with van der Waals surface area (Å²) >= 11 is 3.36. The van der Waals surface area contributed by atoms with Crippen LogP contribution in [0.2, 0.25) is 0 Å². The van der Waals surface area contributed by atoms with Crippen LogP contribution in [0.4, 0.5) is 0 Å². The molecule has 0 saturated carbocycles. The number of rotatable bonds is 6. The van der Waals surface area contributed by atoms with E-state index in [1.54, 1.807) is 0 Å². The van der Waals surface area contributed by atoms with E-state index in [1.807, 2.05) is 32.0 Å². The zero-order valence-corrected chi connectivity index (χ0v) is 12.3. The van der Waals surface area contributed by atoms with Crippen LogP contribution in [-0.2, 0) is 4.74 Å². The first-order chi connectivity index (χ1) is 8.50. The van der Waals surface area contributed by atoms with Gasteiger partial charge in [0.25, 0.3) is 5.91 Å². The first-order valence-electron chi connectivity index (χ1n) is 5.77. The topological polar surface area (TPSA) is 38.3 Å². The van der Waals surface area contributed by atoms with Crippen molar-refractivity contribution in [1.82, 2.24) is 5.32 Å². The molecule has 0 aliphatic carbocycles. The molecule has 0 radical (unpaired) electrons. The van der Waals surface area contributed by atoms with Crippen molar-refractivity contribution in [2.24, 2.45) is 0 Å². The van der Waals surface area contributed by atoms with Gasteiger partial charge in [-0.15, -0.1) is 0 Å². The van der Waals surface area contributed by atoms with Crippen molar-refractivity contribution in [2.45, 2.75) is 13.8 Å². The maximum Gasteiger partial charge on any atom is 0.251 e. The third kappa shape index (κ3) is 5.02. The van der Waals surface area contributed by atoms with Crippen LogP contribution in [-0.4, -0.2) is 25.7 Å². The van der Waals surface area contributed by atoms with E-state index in [9.17, 15) is 4.79 Å². The number of ether oxygens (including phenoxy) is 1. The van der Waals surface area contributed by atoms with Gasteiger partial charge in [-0.2, -0.15) is 0 Å². The molecule has 0 unspecified atom stereocenters. The minimum atomic E-state index is -0.0762. The summed E-state index contributed by atoms with van der Waals surface area (Å²) in [6.07, 6.45) is 0. The Kier molecular flexibility index (Phi) is 6.09. The van der Waals surface area contributed by atoms with E-state index in [2.05, 4.69) is 27.8 Å². The summed E-state index contributed by atoms with van der Waals surface area (Å²) < 4.78 is 6.21. The Morgan fingerprint density at radius 3 is 2.89 bits per heavy atom. The van der Waals surface area contributed by atoms with Gasteiger partial charge < -0.3 is 10.1 Å². The SMILES string of the molecule is C=C(C)COCCNC(=O)c1cc(Br)ccc1C. The first kappa shape index (κ1) is 14.9. The Balaban J connectivity index is 2.41. The average molecular weight is 312 g/mol. The summed E-state index contributed by atoms with van der Waals surface area (Å²) in [5.74, 6) is -0.0762. The van der Waals surface area contributed by atoms with Gasteiger partial charge in [-0.05, 0) is 31.5 Å². The van der Waals surface area contributed by atoms with Crippen LogP contribution >= 0.6 is 15.9 Å². The fraction of sp³-hybridized carbons (Fsp3) is 0.357. The summed E-state index contributed by atoms with van der Waals surface area (Å²) in [6.45, 7) is 9.08. The van der Waals surface area contributed by atoms with E-state index < -0.39 is 0 Å². The van der Waals surface area contributed by atoms with E-state index in [4.69, 9.17) is 4.74 Å². The largest absolute Gasteiger partial charge is 0.375 e. The minimum absolute atomic E-state index is 0.0762. The van der Waals surface area contributed by atoms with Crippen molar-refractivity contribution in [3.63, 3.8) is 0 Å². The van der Waals surface area contributed by atoms with Crippen LogP contribution in [0, 0.1) is 6.92 Å². The average Bonchev–Trinajstić information content (AvgIpc) is 2.31. The van der Waals surface area contributed by atoms with E-state index in [0.717, 1.165) is 15.6 Å². The highest BCUT2D eigenvalue weighted by Crippen LogP contribution is 2.15. The van der Waals surface area contributed by atoms with Crippen molar-refractivity contribution >= 4 is 21.8 Å². The van der Waals surface area contributed by atoms with Crippen LogP contribution in [0.15, 0.2) is 34.8 Å². The molecule has 0 aliphatic heterocycles. The normalized spacial score (nSPS) is 10.2. The van der Waals surface area contributed by atoms with Crippen LogP contribution in [0.1, 0.15) is 22.8 Å². The number of hydrogen-bond donors (Lipinski definition) is 1. The Morgan fingerprint density at radius 2 is 2.22 bits per heavy atom. The summed E-state index contributed by atoms with van der Waals surface area (Å²) in [5.41, 5.74) is 2.62. The minimum Gasteiger partial charge on any atom is -0.375 e. The number of carbonyl (C=O) groups is 1. The highest BCUT2D eigenvalue weighted by atomic mass is 79.9. The van der Waals surface area contributed by atoms with Gasteiger partial charge in [-0.1, -0.05) is 34.1 Å². The van der Waals surface area contributed by atoms with Gasteiger partial charge in [0.05, 0.1) is 13.2 Å². The molecule has 0 atom stereocenters. The lowest BCUT2D eigenvalue weighted by Gasteiger charge is -2.08. The molecule has 1 aromatic carbocycles. The maximum absolute atomic E-state index is 11.9. The van der Waals surface area contributed by atoms with Crippen molar-refractivity contribution in [2.75, 3.05) is 19.8 Å². The van der Waals surface area contributed by atoms with Crippen molar-refractivity contribution < 1.29 is 9.53 Å². The lowest BCUT2D eigenvalue weighted by atomic mass is 10.1. The zero-order valence-electron chi connectivity index (χ0n) is 10.8. The fourth-order valence-corrected chi connectivity index (χ4v) is 1.78. The fourth-order valence-electron chi connectivity index (χ4n) is 1.42. The molecule has 0 aromatic heterocycles. The van der Waals surface area contributed by atoms with Crippen molar-refractivity contribution in [1.29, 1.82) is 0 Å². The molecular weight excluding hydrogens is 294 g/mol. The summed E-state index contributed by atoms with van der Waals surface area (Å²) in [6, 6.07) is 5.65. The van der Waals surface area contributed by atoms with Gasteiger partial charge in [0, 0.05) is 16.6 Å². The Morgan fingerprint density at radius 1 is 1.50 bits per heavy atom.